The Morgan fingerprint density at radius 3 is 2.57 bits per heavy atom. The summed E-state index contributed by atoms with van der Waals surface area (Å²) in [6, 6.07) is 12.2. The zero-order chi connectivity index (χ0) is 19.5. The highest BCUT2D eigenvalue weighted by Gasteiger charge is 2.25. The van der Waals surface area contributed by atoms with Crippen molar-refractivity contribution in [2.45, 2.75) is 13.5 Å². The lowest BCUT2D eigenvalue weighted by Gasteiger charge is -2.36. The van der Waals surface area contributed by atoms with Crippen molar-refractivity contribution >= 4 is 33.1 Å². The van der Waals surface area contributed by atoms with Crippen LogP contribution >= 0.6 is 11.3 Å². The van der Waals surface area contributed by atoms with Crippen LogP contribution in [-0.4, -0.2) is 48.7 Å². The van der Waals surface area contributed by atoms with E-state index < -0.39 is 0 Å². The number of methoxy groups -OCH3 is 1. The summed E-state index contributed by atoms with van der Waals surface area (Å²) < 4.78 is 7.37. The number of allylic oxidation sites excluding steroid dienone is 2. The Balaban J connectivity index is 1.48. The number of aromatic nitrogens is 1. The molecule has 0 radical (unpaired) electrons. The Morgan fingerprint density at radius 1 is 1.14 bits per heavy atom. The lowest BCUT2D eigenvalue weighted by Crippen LogP contribution is -2.49. The lowest BCUT2D eigenvalue weighted by atomic mass is 10.2. The molecule has 0 aliphatic carbocycles. The molecule has 0 saturated carbocycles. The Bertz CT molecular complexity index is 979. The van der Waals surface area contributed by atoms with Crippen molar-refractivity contribution in [2.24, 2.45) is 0 Å². The molecule has 0 spiro atoms. The molecule has 0 bridgehead atoms. The number of ether oxygens (including phenoxy) is 1. The Morgan fingerprint density at radius 2 is 1.89 bits per heavy atom. The van der Waals surface area contributed by atoms with E-state index in [0.717, 1.165) is 49.6 Å². The highest BCUT2D eigenvalue weighted by Crippen LogP contribution is 2.27. The first-order valence-corrected chi connectivity index (χ1v) is 10.5. The van der Waals surface area contributed by atoms with E-state index >= 15 is 0 Å². The molecule has 1 aliphatic heterocycles. The largest absolute Gasteiger partial charge is 0.497 e. The molecule has 28 heavy (non-hydrogen) atoms. The van der Waals surface area contributed by atoms with Gasteiger partial charge < -0.3 is 19.1 Å². The lowest BCUT2D eigenvalue weighted by molar-refractivity contribution is 0.0737. The van der Waals surface area contributed by atoms with E-state index in [9.17, 15) is 4.79 Å². The fourth-order valence-corrected chi connectivity index (χ4v) is 4.57. The van der Waals surface area contributed by atoms with Gasteiger partial charge in [0.05, 0.1) is 7.11 Å². The summed E-state index contributed by atoms with van der Waals surface area (Å²) in [7, 11) is 1.68. The van der Waals surface area contributed by atoms with Crippen molar-refractivity contribution in [1.29, 1.82) is 0 Å². The van der Waals surface area contributed by atoms with Gasteiger partial charge in [0.2, 0.25) is 0 Å². The number of piperazine rings is 1. The second-order valence-corrected chi connectivity index (χ2v) is 7.76. The van der Waals surface area contributed by atoms with Gasteiger partial charge in [-0.05, 0) is 48.7 Å². The Kier molecular flexibility index (Phi) is 5.39. The van der Waals surface area contributed by atoms with Gasteiger partial charge in [0.25, 0.3) is 5.91 Å². The van der Waals surface area contributed by atoms with E-state index in [1.54, 1.807) is 18.4 Å². The topological polar surface area (TPSA) is 37.7 Å². The second kappa shape index (κ2) is 8.10. The van der Waals surface area contributed by atoms with Gasteiger partial charge in [0.15, 0.2) is 0 Å². The van der Waals surface area contributed by atoms with E-state index in [2.05, 4.69) is 39.1 Å². The fraction of sp³-hybridized carbons (Fsp3) is 0.318. The van der Waals surface area contributed by atoms with Crippen LogP contribution in [0.1, 0.15) is 17.4 Å². The third-order valence-electron chi connectivity index (χ3n) is 5.25. The van der Waals surface area contributed by atoms with Gasteiger partial charge in [-0.3, -0.25) is 4.79 Å². The molecule has 146 valence electrons. The molecule has 1 aromatic carbocycles. The van der Waals surface area contributed by atoms with Crippen molar-refractivity contribution < 1.29 is 9.53 Å². The van der Waals surface area contributed by atoms with Crippen LogP contribution in [0.15, 0.2) is 53.9 Å². The van der Waals surface area contributed by atoms with Gasteiger partial charge in [0.1, 0.15) is 16.3 Å². The number of anilines is 1. The summed E-state index contributed by atoms with van der Waals surface area (Å²) in [6.07, 6.45) is 4.12. The standard InChI is InChI=1S/C22H25N3O2S/c1-3-4-10-25-20(16-17-9-15-28-22(17)25)21(26)24-13-11-23(12-14-24)18-5-7-19(27-2)8-6-18/h3-9,15-16H,10-14H2,1-2H3/b4-3-. The molecule has 3 aromatic rings. The first kappa shape index (κ1) is 18.6. The summed E-state index contributed by atoms with van der Waals surface area (Å²) in [4.78, 5) is 18.7. The molecule has 2 aromatic heterocycles. The summed E-state index contributed by atoms with van der Waals surface area (Å²) in [5.74, 6) is 0.988. The van der Waals surface area contributed by atoms with Crippen LogP contribution in [0.25, 0.3) is 10.2 Å². The monoisotopic (exact) mass is 395 g/mol. The summed E-state index contributed by atoms with van der Waals surface area (Å²) in [5.41, 5.74) is 1.96. The molecule has 1 aliphatic rings. The molecule has 1 amide bonds. The Labute approximate surface area is 169 Å². The van der Waals surface area contributed by atoms with Crippen LogP contribution in [-0.2, 0) is 6.54 Å². The summed E-state index contributed by atoms with van der Waals surface area (Å²) >= 11 is 1.69. The summed E-state index contributed by atoms with van der Waals surface area (Å²) in [6.45, 7) is 5.87. The van der Waals surface area contributed by atoms with Gasteiger partial charge in [-0.25, -0.2) is 0 Å². The average Bonchev–Trinajstić information content (AvgIpc) is 3.33. The smallest absolute Gasteiger partial charge is 0.270 e. The number of hydrogen-bond donors (Lipinski definition) is 0. The SMILES string of the molecule is C/C=C\Cn1c(C(=O)N2CCN(c3ccc(OC)cc3)CC2)cc2ccsc21. The maximum atomic E-state index is 13.2. The van der Waals surface area contributed by atoms with Crippen molar-refractivity contribution in [1.82, 2.24) is 9.47 Å². The predicted molar refractivity (Wildman–Crippen MR) is 116 cm³/mol. The van der Waals surface area contributed by atoms with E-state index in [-0.39, 0.29) is 5.91 Å². The van der Waals surface area contributed by atoms with Crippen LogP contribution in [0.3, 0.4) is 0 Å². The van der Waals surface area contributed by atoms with Crippen molar-refractivity contribution in [3.63, 3.8) is 0 Å². The van der Waals surface area contributed by atoms with Gasteiger partial charge in [0, 0.05) is 43.8 Å². The first-order valence-electron chi connectivity index (χ1n) is 9.57. The molecular formula is C22H25N3O2S. The zero-order valence-corrected chi connectivity index (χ0v) is 17.1. The van der Waals surface area contributed by atoms with E-state index in [4.69, 9.17) is 4.74 Å². The molecular weight excluding hydrogens is 370 g/mol. The molecule has 4 rings (SSSR count). The number of hydrogen-bond acceptors (Lipinski definition) is 4. The average molecular weight is 396 g/mol. The second-order valence-electron chi connectivity index (χ2n) is 6.87. The van der Waals surface area contributed by atoms with E-state index in [1.165, 1.54) is 10.5 Å². The number of nitrogens with zero attached hydrogens (tertiary/aromatic N) is 3. The summed E-state index contributed by atoms with van der Waals surface area (Å²) in [5, 5.41) is 3.23. The third kappa shape index (κ3) is 3.52. The number of benzene rings is 1. The van der Waals surface area contributed by atoms with Gasteiger partial charge in [-0.2, -0.15) is 0 Å². The van der Waals surface area contributed by atoms with Crippen molar-refractivity contribution in [3.05, 3.63) is 59.6 Å². The minimum atomic E-state index is 0.127. The van der Waals surface area contributed by atoms with E-state index in [1.807, 2.05) is 36.1 Å². The number of carbonyl (C=O) groups excluding carboxylic acids is 1. The van der Waals surface area contributed by atoms with Gasteiger partial charge >= 0.3 is 0 Å². The van der Waals surface area contributed by atoms with Crippen molar-refractivity contribution in [3.8, 4) is 5.75 Å². The molecule has 0 unspecified atom stereocenters. The molecule has 1 saturated heterocycles. The number of amides is 1. The van der Waals surface area contributed by atoms with E-state index in [0.29, 0.717) is 0 Å². The number of rotatable bonds is 5. The van der Waals surface area contributed by atoms with Crippen LogP contribution in [0, 0.1) is 0 Å². The quantitative estimate of drug-likeness (QED) is 0.606. The normalized spacial score (nSPS) is 14.9. The maximum absolute atomic E-state index is 13.2. The molecule has 1 fully saturated rings. The first-order chi connectivity index (χ1) is 13.7. The third-order valence-corrected chi connectivity index (χ3v) is 6.20. The zero-order valence-electron chi connectivity index (χ0n) is 16.3. The Hall–Kier alpha value is -2.73. The van der Waals surface area contributed by atoms with Crippen molar-refractivity contribution in [2.75, 3.05) is 38.2 Å². The molecule has 0 N–H and O–H groups in total. The number of thiophene rings is 1. The number of carbonyl (C=O) groups is 1. The van der Waals surface area contributed by atoms with Gasteiger partial charge in [-0.1, -0.05) is 12.2 Å². The van der Waals surface area contributed by atoms with Crippen LogP contribution in [0.5, 0.6) is 5.75 Å². The molecule has 0 atom stereocenters. The minimum Gasteiger partial charge on any atom is -0.497 e. The fourth-order valence-electron chi connectivity index (χ4n) is 3.67. The van der Waals surface area contributed by atoms with Crippen LogP contribution in [0.2, 0.25) is 0 Å². The van der Waals surface area contributed by atoms with Crippen LogP contribution in [0.4, 0.5) is 5.69 Å². The molecule has 5 nitrogen and oxygen atoms in total. The minimum absolute atomic E-state index is 0.127. The molecule has 3 heterocycles. The highest BCUT2D eigenvalue weighted by atomic mass is 32.1. The van der Waals surface area contributed by atoms with Crippen LogP contribution < -0.4 is 9.64 Å². The maximum Gasteiger partial charge on any atom is 0.270 e. The molecule has 6 heteroatoms. The highest BCUT2D eigenvalue weighted by molar-refractivity contribution is 7.16. The van der Waals surface area contributed by atoms with Gasteiger partial charge in [-0.15, -0.1) is 11.3 Å². The number of fused-ring (bicyclic) bond motifs is 1. The predicted octanol–water partition coefficient (Wildman–Crippen LogP) is 4.25.